The third-order valence-corrected chi connectivity index (χ3v) is 5.32. The minimum atomic E-state index is -3.87. The molecule has 0 radical (unpaired) electrons. The van der Waals surface area contributed by atoms with E-state index in [1.54, 1.807) is 24.3 Å². The van der Waals surface area contributed by atoms with Crippen LogP contribution in [0, 0.1) is 0 Å². The van der Waals surface area contributed by atoms with Crippen LogP contribution >= 0.6 is 11.6 Å². The van der Waals surface area contributed by atoms with Crippen LogP contribution in [-0.2, 0) is 10.0 Å². The quantitative estimate of drug-likeness (QED) is 0.459. The van der Waals surface area contributed by atoms with E-state index in [0.717, 1.165) is 12.8 Å². The van der Waals surface area contributed by atoms with E-state index in [9.17, 15) is 13.2 Å². The first kappa shape index (κ1) is 21.2. The average Bonchev–Trinajstić information content (AvgIpc) is 2.67. The van der Waals surface area contributed by atoms with Gasteiger partial charge < -0.3 is 4.74 Å². The third-order valence-electron chi connectivity index (χ3n) is 3.81. The van der Waals surface area contributed by atoms with E-state index in [4.69, 9.17) is 16.3 Å². The number of hydrogen-bond acceptors (Lipinski definition) is 4. The van der Waals surface area contributed by atoms with Crippen LogP contribution in [0.5, 0.6) is 5.75 Å². The second kappa shape index (κ2) is 10.3. The minimum Gasteiger partial charge on any atom is -0.494 e. The van der Waals surface area contributed by atoms with Gasteiger partial charge in [0.05, 0.1) is 11.5 Å². The highest BCUT2D eigenvalue weighted by molar-refractivity contribution is 7.89. The Kier molecular flexibility index (Phi) is 8.09. The molecule has 0 spiro atoms. The lowest BCUT2D eigenvalue weighted by Crippen LogP contribution is -2.41. The van der Waals surface area contributed by atoms with E-state index >= 15 is 0 Å². The Morgan fingerprint density at radius 2 is 1.67 bits per heavy atom. The SMILES string of the molecule is CCCCCCOc1ccc(C(=O)NNS(=O)(=O)c2ccc(Cl)cc2)cc1. The Bertz CT molecular complexity index is 837. The lowest BCUT2D eigenvalue weighted by atomic mass is 10.2. The van der Waals surface area contributed by atoms with Gasteiger partial charge >= 0.3 is 0 Å². The molecule has 2 aromatic carbocycles. The maximum Gasteiger partial charge on any atom is 0.266 e. The monoisotopic (exact) mass is 410 g/mol. The molecule has 0 aliphatic carbocycles. The lowest BCUT2D eigenvalue weighted by Gasteiger charge is -2.09. The summed E-state index contributed by atoms with van der Waals surface area (Å²) in [7, 11) is -3.87. The number of ether oxygens (including phenoxy) is 1. The largest absolute Gasteiger partial charge is 0.494 e. The van der Waals surface area contributed by atoms with Crippen LogP contribution < -0.4 is 15.0 Å². The van der Waals surface area contributed by atoms with Crippen LogP contribution in [0.2, 0.25) is 5.02 Å². The number of benzene rings is 2. The molecule has 27 heavy (non-hydrogen) atoms. The molecule has 0 bridgehead atoms. The molecule has 0 saturated carbocycles. The van der Waals surface area contributed by atoms with Crippen molar-refractivity contribution in [2.75, 3.05) is 6.61 Å². The molecule has 0 fully saturated rings. The molecule has 146 valence electrons. The van der Waals surface area contributed by atoms with Crippen LogP contribution in [0.4, 0.5) is 0 Å². The molecule has 0 aliphatic heterocycles. The summed E-state index contributed by atoms with van der Waals surface area (Å²) in [6, 6.07) is 12.1. The Labute approximate surface area is 164 Å². The van der Waals surface area contributed by atoms with E-state index in [1.807, 2.05) is 0 Å². The van der Waals surface area contributed by atoms with Crippen molar-refractivity contribution in [2.24, 2.45) is 0 Å². The summed E-state index contributed by atoms with van der Waals surface area (Å²) in [6.07, 6.45) is 4.48. The predicted octanol–water partition coefficient (Wildman–Crippen LogP) is 3.92. The van der Waals surface area contributed by atoms with Crippen molar-refractivity contribution in [1.82, 2.24) is 10.3 Å². The second-order valence-corrected chi connectivity index (χ2v) is 8.07. The molecule has 2 N–H and O–H groups in total. The Hall–Kier alpha value is -2.09. The average molecular weight is 411 g/mol. The molecule has 2 rings (SSSR count). The van der Waals surface area contributed by atoms with Crippen molar-refractivity contribution >= 4 is 27.5 Å². The normalized spacial score (nSPS) is 11.2. The van der Waals surface area contributed by atoms with Crippen LogP contribution in [0.25, 0.3) is 0 Å². The third kappa shape index (κ3) is 6.86. The summed E-state index contributed by atoms with van der Waals surface area (Å²) in [5.41, 5.74) is 2.50. The molecule has 1 amide bonds. The molecule has 6 nitrogen and oxygen atoms in total. The van der Waals surface area contributed by atoms with Gasteiger partial charge in [-0.3, -0.25) is 10.2 Å². The van der Waals surface area contributed by atoms with Crippen molar-refractivity contribution < 1.29 is 17.9 Å². The zero-order valence-electron chi connectivity index (χ0n) is 15.1. The van der Waals surface area contributed by atoms with Crippen LogP contribution in [0.3, 0.4) is 0 Å². The van der Waals surface area contributed by atoms with E-state index in [-0.39, 0.29) is 4.90 Å². The second-order valence-electron chi connectivity index (χ2n) is 5.95. The molecule has 0 unspecified atom stereocenters. The molecular weight excluding hydrogens is 388 g/mol. The number of amides is 1. The first-order valence-corrected chi connectivity index (χ1v) is 10.6. The summed E-state index contributed by atoms with van der Waals surface area (Å²) >= 11 is 5.74. The summed E-state index contributed by atoms with van der Waals surface area (Å²) < 4.78 is 29.9. The molecular formula is C19H23ClN2O4S. The lowest BCUT2D eigenvalue weighted by molar-refractivity contribution is 0.0945. The zero-order chi connectivity index (χ0) is 19.7. The zero-order valence-corrected chi connectivity index (χ0v) is 16.6. The van der Waals surface area contributed by atoms with Crippen molar-refractivity contribution in [2.45, 2.75) is 37.5 Å². The first-order chi connectivity index (χ1) is 12.9. The van der Waals surface area contributed by atoms with Gasteiger partial charge in [0.25, 0.3) is 15.9 Å². The van der Waals surface area contributed by atoms with E-state index in [0.29, 0.717) is 22.9 Å². The van der Waals surface area contributed by atoms with Gasteiger partial charge in [-0.25, -0.2) is 8.42 Å². The van der Waals surface area contributed by atoms with Gasteiger partial charge in [0, 0.05) is 10.6 Å². The van der Waals surface area contributed by atoms with Crippen molar-refractivity contribution in [3.63, 3.8) is 0 Å². The van der Waals surface area contributed by atoms with Gasteiger partial charge in [-0.1, -0.05) is 37.8 Å². The summed E-state index contributed by atoms with van der Waals surface area (Å²) in [5.74, 6) is 0.104. The predicted molar refractivity (Wildman–Crippen MR) is 105 cm³/mol. The number of sulfonamides is 1. The number of hydrazine groups is 1. The Morgan fingerprint density at radius 3 is 2.30 bits per heavy atom. The van der Waals surface area contributed by atoms with Crippen LogP contribution in [0.1, 0.15) is 43.0 Å². The fourth-order valence-electron chi connectivity index (χ4n) is 2.28. The Balaban J connectivity index is 1.85. The molecule has 0 aromatic heterocycles. The van der Waals surface area contributed by atoms with Gasteiger partial charge in [-0.15, -0.1) is 4.83 Å². The van der Waals surface area contributed by atoms with Gasteiger partial charge in [0.2, 0.25) is 0 Å². The first-order valence-electron chi connectivity index (χ1n) is 8.73. The molecule has 0 saturated heterocycles. The highest BCUT2D eigenvalue weighted by Gasteiger charge is 2.15. The number of carbonyl (C=O) groups excluding carboxylic acids is 1. The van der Waals surface area contributed by atoms with E-state index in [1.165, 1.54) is 37.1 Å². The van der Waals surface area contributed by atoms with Gasteiger partial charge in [-0.2, -0.15) is 0 Å². The smallest absolute Gasteiger partial charge is 0.266 e. The number of carbonyl (C=O) groups is 1. The summed E-state index contributed by atoms with van der Waals surface area (Å²) in [6.45, 7) is 2.78. The number of nitrogens with one attached hydrogen (secondary N) is 2. The van der Waals surface area contributed by atoms with Crippen molar-refractivity contribution in [3.05, 3.63) is 59.1 Å². The fraction of sp³-hybridized carbons (Fsp3) is 0.316. The van der Waals surface area contributed by atoms with Crippen LogP contribution in [-0.4, -0.2) is 20.9 Å². The summed E-state index contributed by atoms with van der Waals surface area (Å²) in [4.78, 5) is 14.2. The van der Waals surface area contributed by atoms with Crippen molar-refractivity contribution in [3.8, 4) is 5.75 Å². The topological polar surface area (TPSA) is 84.5 Å². The maximum atomic E-state index is 12.1. The Morgan fingerprint density at radius 1 is 1.00 bits per heavy atom. The number of halogens is 1. The molecule has 0 aliphatic rings. The highest BCUT2D eigenvalue weighted by atomic mass is 35.5. The van der Waals surface area contributed by atoms with Crippen LogP contribution in [0.15, 0.2) is 53.4 Å². The number of hydrogen-bond donors (Lipinski definition) is 2. The number of rotatable bonds is 10. The molecule has 2 aromatic rings. The van der Waals surface area contributed by atoms with E-state index < -0.39 is 15.9 Å². The van der Waals surface area contributed by atoms with Gasteiger partial charge in [0.1, 0.15) is 5.75 Å². The van der Waals surface area contributed by atoms with E-state index in [2.05, 4.69) is 17.2 Å². The molecule has 0 heterocycles. The maximum absolute atomic E-state index is 12.1. The summed E-state index contributed by atoms with van der Waals surface area (Å²) in [5, 5.41) is 0.422. The number of unbranched alkanes of at least 4 members (excludes halogenated alkanes) is 3. The molecule has 0 atom stereocenters. The van der Waals surface area contributed by atoms with Gasteiger partial charge in [0.15, 0.2) is 0 Å². The van der Waals surface area contributed by atoms with Crippen molar-refractivity contribution in [1.29, 1.82) is 0 Å². The fourth-order valence-corrected chi connectivity index (χ4v) is 3.25. The minimum absolute atomic E-state index is 0.000907. The molecule has 8 heteroatoms. The standard InChI is InChI=1S/C19H23ClN2O4S/c1-2-3-4-5-14-26-17-10-6-15(7-11-17)19(23)21-22-27(24,25)18-12-8-16(20)9-13-18/h6-13,22H,2-5,14H2,1H3,(H,21,23). The van der Waals surface area contributed by atoms with Gasteiger partial charge in [-0.05, 0) is 55.0 Å². The highest BCUT2D eigenvalue weighted by Crippen LogP contribution is 2.15.